The highest BCUT2D eigenvalue weighted by Crippen LogP contribution is 2.32. The van der Waals surface area contributed by atoms with Crippen molar-refractivity contribution in [1.29, 1.82) is 0 Å². The van der Waals surface area contributed by atoms with Crippen LogP contribution in [0.1, 0.15) is 31.9 Å². The van der Waals surface area contributed by atoms with E-state index in [4.69, 9.17) is 4.74 Å². The van der Waals surface area contributed by atoms with Crippen LogP contribution in [0.15, 0.2) is 18.2 Å². The predicted octanol–water partition coefficient (Wildman–Crippen LogP) is 3.87. The molecule has 1 aromatic rings. The maximum absolute atomic E-state index is 12.8. The van der Waals surface area contributed by atoms with Gasteiger partial charge in [0.15, 0.2) is 0 Å². The number of nitrogens with zero attached hydrogens (tertiary/aromatic N) is 1. The van der Waals surface area contributed by atoms with Crippen molar-refractivity contribution in [3.8, 4) is 0 Å². The molecule has 22 heavy (non-hydrogen) atoms. The molecule has 0 saturated carbocycles. The third-order valence-corrected chi connectivity index (χ3v) is 2.47. The summed E-state index contributed by atoms with van der Waals surface area (Å²) in [5, 5.41) is 12.3. The van der Waals surface area contributed by atoms with Crippen molar-refractivity contribution >= 4 is 11.8 Å². The molecule has 124 valence electrons. The second kappa shape index (κ2) is 6.53. The molecule has 0 fully saturated rings. The molecule has 1 amide bonds. The summed E-state index contributed by atoms with van der Waals surface area (Å²) in [4.78, 5) is 11.7. The molecule has 0 aromatic heterocycles. The average molecular weight is 320 g/mol. The van der Waals surface area contributed by atoms with Gasteiger partial charge in [-0.3, -0.25) is 5.32 Å². The van der Waals surface area contributed by atoms with Crippen molar-refractivity contribution in [2.24, 2.45) is 0 Å². The van der Waals surface area contributed by atoms with Gasteiger partial charge in [-0.25, -0.2) is 4.79 Å². The van der Waals surface area contributed by atoms with E-state index in [1.807, 2.05) is 0 Å². The van der Waals surface area contributed by atoms with Crippen molar-refractivity contribution in [1.82, 2.24) is 5.06 Å². The molecule has 0 bridgehead atoms. The minimum Gasteiger partial charge on any atom is -0.444 e. The molecule has 1 aromatic carbocycles. The number of hydrogen-bond acceptors (Lipinski definition) is 4. The fourth-order valence-electron chi connectivity index (χ4n) is 1.67. The van der Waals surface area contributed by atoms with E-state index in [1.54, 1.807) is 20.8 Å². The Morgan fingerprint density at radius 3 is 2.36 bits per heavy atom. The van der Waals surface area contributed by atoms with Gasteiger partial charge in [-0.05, 0) is 38.5 Å². The highest BCUT2D eigenvalue weighted by molar-refractivity contribution is 5.86. The van der Waals surface area contributed by atoms with Gasteiger partial charge in [0.2, 0.25) is 0 Å². The fourth-order valence-corrected chi connectivity index (χ4v) is 1.67. The number of rotatable bonds is 3. The number of carbonyl (C=O) groups is 1. The van der Waals surface area contributed by atoms with Crippen molar-refractivity contribution in [2.45, 2.75) is 39.1 Å². The average Bonchev–Trinajstić information content (AvgIpc) is 2.26. The van der Waals surface area contributed by atoms with Gasteiger partial charge >= 0.3 is 12.3 Å². The second-order valence-electron chi connectivity index (χ2n) is 5.81. The lowest BCUT2D eigenvalue weighted by Crippen LogP contribution is -2.28. The summed E-state index contributed by atoms with van der Waals surface area (Å²) in [6.07, 6.45) is -5.40. The normalized spacial score (nSPS) is 12.4. The second-order valence-corrected chi connectivity index (χ2v) is 5.81. The number of hydrogen-bond donors (Lipinski definition) is 2. The predicted molar refractivity (Wildman–Crippen MR) is 74.6 cm³/mol. The van der Waals surface area contributed by atoms with Crippen LogP contribution in [0, 0.1) is 0 Å². The Labute approximate surface area is 126 Å². The molecule has 5 nitrogen and oxygen atoms in total. The Hall–Kier alpha value is -1.80. The summed E-state index contributed by atoms with van der Waals surface area (Å²) < 4.78 is 43.3. The van der Waals surface area contributed by atoms with E-state index in [2.05, 4.69) is 5.32 Å². The van der Waals surface area contributed by atoms with E-state index in [9.17, 15) is 23.2 Å². The third-order valence-electron chi connectivity index (χ3n) is 2.47. The topological polar surface area (TPSA) is 61.8 Å². The number of ether oxygens (including phenoxy) is 1. The molecule has 0 atom stereocenters. The van der Waals surface area contributed by atoms with Gasteiger partial charge in [-0.15, -0.1) is 0 Å². The molecular formula is C14H19F3N2O3. The molecule has 8 heteroatoms. The Balaban J connectivity index is 3.09. The Morgan fingerprint density at radius 2 is 1.91 bits per heavy atom. The molecule has 0 aliphatic carbocycles. The molecule has 1 rings (SSSR count). The number of nitrogens with one attached hydrogen (secondary N) is 1. The molecule has 0 saturated heterocycles. The molecule has 0 aliphatic heterocycles. The number of anilines is 1. The monoisotopic (exact) mass is 320 g/mol. The molecular weight excluding hydrogens is 301 g/mol. The van der Waals surface area contributed by atoms with Gasteiger partial charge in [0.1, 0.15) is 5.60 Å². The number of halogens is 3. The number of benzene rings is 1. The van der Waals surface area contributed by atoms with Crippen LogP contribution in [0.3, 0.4) is 0 Å². The Morgan fingerprint density at radius 1 is 1.32 bits per heavy atom. The van der Waals surface area contributed by atoms with E-state index >= 15 is 0 Å². The highest BCUT2D eigenvalue weighted by Gasteiger charge is 2.31. The number of hydroxylamine groups is 2. The maximum Gasteiger partial charge on any atom is 0.416 e. The Kier molecular flexibility index (Phi) is 5.42. The van der Waals surface area contributed by atoms with Crippen molar-refractivity contribution in [3.63, 3.8) is 0 Å². The number of amides is 1. The first-order valence-corrected chi connectivity index (χ1v) is 6.48. The zero-order chi connectivity index (χ0) is 17.1. The van der Waals surface area contributed by atoms with Crippen LogP contribution < -0.4 is 5.32 Å². The Bertz CT molecular complexity index is 537. The standard InChI is InChI=1S/C14H19F3N2O3/c1-13(2,3)22-12(20)18-11-7-10(14(15,16)17)6-5-9(11)8-19(4)21/h5-7,21H,8H2,1-4H3,(H,18,20). The first kappa shape index (κ1) is 18.2. The van der Waals surface area contributed by atoms with Gasteiger partial charge in [0.05, 0.1) is 12.1 Å². The fraction of sp³-hybridized carbons (Fsp3) is 0.500. The lowest BCUT2D eigenvalue weighted by atomic mass is 10.1. The minimum absolute atomic E-state index is 0.0523. The lowest BCUT2D eigenvalue weighted by Gasteiger charge is -2.21. The van der Waals surface area contributed by atoms with Gasteiger partial charge in [-0.2, -0.15) is 18.2 Å². The van der Waals surface area contributed by atoms with E-state index < -0.39 is 23.4 Å². The lowest BCUT2D eigenvalue weighted by molar-refractivity contribution is -0.137. The zero-order valence-corrected chi connectivity index (χ0v) is 12.8. The van der Waals surface area contributed by atoms with Crippen LogP contribution in [-0.2, 0) is 17.5 Å². The van der Waals surface area contributed by atoms with Crippen LogP contribution in [0.4, 0.5) is 23.7 Å². The number of carbonyl (C=O) groups excluding carboxylic acids is 1. The van der Waals surface area contributed by atoms with Crippen molar-refractivity contribution in [3.05, 3.63) is 29.3 Å². The van der Waals surface area contributed by atoms with Crippen LogP contribution in [-0.4, -0.2) is 29.0 Å². The van der Waals surface area contributed by atoms with Gasteiger partial charge in [0, 0.05) is 12.7 Å². The van der Waals surface area contributed by atoms with E-state index in [0.29, 0.717) is 5.56 Å². The van der Waals surface area contributed by atoms with Crippen LogP contribution in [0.25, 0.3) is 0 Å². The largest absolute Gasteiger partial charge is 0.444 e. The smallest absolute Gasteiger partial charge is 0.416 e. The van der Waals surface area contributed by atoms with Crippen LogP contribution in [0.5, 0.6) is 0 Å². The third kappa shape index (κ3) is 5.90. The molecule has 2 N–H and O–H groups in total. The highest BCUT2D eigenvalue weighted by atomic mass is 19.4. The summed E-state index contributed by atoms with van der Waals surface area (Å²) in [6, 6.07) is 2.89. The molecule has 0 unspecified atom stereocenters. The molecule has 0 spiro atoms. The van der Waals surface area contributed by atoms with Crippen molar-refractivity contribution in [2.75, 3.05) is 12.4 Å². The van der Waals surface area contributed by atoms with Crippen LogP contribution in [0.2, 0.25) is 0 Å². The van der Waals surface area contributed by atoms with Gasteiger partial charge < -0.3 is 9.94 Å². The summed E-state index contributed by atoms with van der Waals surface area (Å²) >= 11 is 0. The van der Waals surface area contributed by atoms with Crippen LogP contribution >= 0.6 is 0 Å². The van der Waals surface area contributed by atoms with Gasteiger partial charge in [0.25, 0.3) is 0 Å². The first-order valence-electron chi connectivity index (χ1n) is 6.48. The quantitative estimate of drug-likeness (QED) is 0.830. The molecule has 0 radical (unpaired) electrons. The SMILES string of the molecule is CN(O)Cc1ccc(C(F)(F)F)cc1NC(=O)OC(C)(C)C. The summed E-state index contributed by atoms with van der Waals surface area (Å²) in [5.41, 5.74) is -1.42. The van der Waals surface area contributed by atoms with Gasteiger partial charge in [-0.1, -0.05) is 6.07 Å². The van der Waals surface area contributed by atoms with Crippen molar-refractivity contribution < 1.29 is 27.9 Å². The van der Waals surface area contributed by atoms with E-state index in [-0.39, 0.29) is 12.2 Å². The molecule has 0 aliphatic rings. The zero-order valence-electron chi connectivity index (χ0n) is 12.8. The molecule has 0 heterocycles. The summed E-state index contributed by atoms with van der Waals surface area (Å²) in [6.45, 7) is 4.87. The maximum atomic E-state index is 12.8. The first-order chi connectivity index (χ1) is 9.88. The minimum atomic E-state index is -4.53. The van der Waals surface area contributed by atoms with E-state index in [1.165, 1.54) is 13.1 Å². The number of alkyl halides is 3. The van der Waals surface area contributed by atoms with E-state index in [0.717, 1.165) is 17.2 Å². The summed E-state index contributed by atoms with van der Waals surface area (Å²) in [5.74, 6) is 0. The summed E-state index contributed by atoms with van der Waals surface area (Å²) in [7, 11) is 1.34.